The van der Waals surface area contributed by atoms with Gasteiger partial charge in [-0.15, -0.1) is 0 Å². The minimum absolute atomic E-state index is 0.0105. The fraction of sp³-hybridized carbons (Fsp3) is 0.308. The van der Waals surface area contributed by atoms with Crippen LogP contribution in [0.25, 0.3) is 11.3 Å². The molecule has 0 saturated carbocycles. The lowest BCUT2D eigenvalue weighted by molar-refractivity contribution is -0.387. The van der Waals surface area contributed by atoms with E-state index in [0.717, 1.165) is 12.1 Å². The molecule has 6 nitrogen and oxygen atoms in total. The molecule has 0 spiro atoms. The lowest BCUT2D eigenvalue weighted by Crippen LogP contribution is -2.01. The van der Waals surface area contributed by atoms with Crippen LogP contribution in [-0.4, -0.2) is 14.7 Å². The molecule has 8 heteroatoms. The van der Waals surface area contributed by atoms with Crippen LogP contribution in [0.1, 0.15) is 25.3 Å². The third-order valence-corrected chi connectivity index (χ3v) is 3.21. The van der Waals surface area contributed by atoms with Crippen LogP contribution in [0.2, 0.25) is 0 Å². The summed E-state index contributed by atoms with van der Waals surface area (Å²) in [7, 11) is 1.54. The van der Waals surface area contributed by atoms with E-state index in [-0.39, 0.29) is 17.4 Å². The molecule has 0 atom stereocenters. The first kappa shape index (κ1) is 14.9. The average molecular weight is 296 g/mol. The molecule has 0 amide bonds. The van der Waals surface area contributed by atoms with E-state index in [1.807, 2.05) is 0 Å². The maximum Gasteiger partial charge on any atom is 0.305 e. The maximum atomic E-state index is 14.3. The molecule has 0 saturated heterocycles. The van der Waals surface area contributed by atoms with Crippen molar-refractivity contribution in [3.63, 3.8) is 0 Å². The third-order valence-electron chi connectivity index (χ3n) is 3.21. The van der Waals surface area contributed by atoms with Gasteiger partial charge >= 0.3 is 5.69 Å². The summed E-state index contributed by atoms with van der Waals surface area (Å²) in [5.41, 5.74) is 4.98. The van der Waals surface area contributed by atoms with Crippen molar-refractivity contribution in [3.8, 4) is 11.3 Å². The Balaban J connectivity index is 2.82. The van der Waals surface area contributed by atoms with Gasteiger partial charge in [0.25, 0.3) is 0 Å². The first-order valence-corrected chi connectivity index (χ1v) is 6.20. The number of aryl methyl sites for hydroxylation is 1. The molecule has 0 radical (unpaired) electrons. The van der Waals surface area contributed by atoms with Crippen molar-refractivity contribution in [2.24, 2.45) is 7.05 Å². The summed E-state index contributed by atoms with van der Waals surface area (Å²) in [6, 6.07) is 1.64. The van der Waals surface area contributed by atoms with Crippen LogP contribution in [-0.2, 0) is 7.05 Å². The van der Waals surface area contributed by atoms with Gasteiger partial charge in [0.1, 0.15) is 17.3 Å². The van der Waals surface area contributed by atoms with Crippen LogP contribution in [0.4, 0.5) is 20.3 Å². The van der Waals surface area contributed by atoms with Gasteiger partial charge in [0.15, 0.2) is 0 Å². The van der Waals surface area contributed by atoms with Crippen LogP contribution in [0.5, 0.6) is 0 Å². The normalized spacial score (nSPS) is 11.1. The average Bonchev–Trinajstić information content (AvgIpc) is 2.65. The van der Waals surface area contributed by atoms with E-state index in [1.54, 1.807) is 13.8 Å². The second-order valence-electron chi connectivity index (χ2n) is 4.94. The number of hydrogen-bond acceptors (Lipinski definition) is 4. The van der Waals surface area contributed by atoms with Gasteiger partial charge in [0.2, 0.25) is 5.82 Å². The van der Waals surface area contributed by atoms with Gasteiger partial charge < -0.3 is 5.73 Å². The first-order chi connectivity index (χ1) is 9.75. The molecular formula is C13H14F2N4O2. The Morgan fingerprint density at radius 2 is 2.00 bits per heavy atom. The van der Waals surface area contributed by atoms with Crippen molar-refractivity contribution >= 4 is 11.5 Å². The zero-order chi connectivity index (χ0) is 15.9. The molecule has 21 heavy (non-hydrogen) atoms. The fourth-order valence-corrected chi connectivity index (χ4v) is 2.21. The van der Waals surface area contributed by atoms with Crippen molar-refractivity contribution in [3.05, 3.63) is 39.4 Å². The van der Waals surface area contributed by atoms with E-state index in [1.165, 1.54) is 11.7 Å². The lowest BCUT2D eigenvalue weighted by atomic mass is 9.97. The SMILES string of the molecule is CC(C)c1c(-c2c(F)ccc([N+](=O)[O-])c2F)nn(C)c1N. The highest BCUT2D eigenvalue weighted by Crippen LogP contribution is 2.37. The second-order valence-corrected chi connectivity index (χ2v) is 4.94. The molecule has 1 aromatic heterocycles. The smallest absolute Gasteiger partial charge is 0.305 e. The summed E-state index contributed by atoms with van der Waals surface area (Å²) in [5, 5.41) is 14.8. The minimum Gasteiger partial charge on any atom is -0.384 e. The number of benzene rings is 1. The van der Waals surface area contributed by atoms with Crippen LogP contribution in [0.15, 0.2) is 12.1 Å². The van der Waals surface area contributed by atoms with Gasteiger partial charge in [-0.05, 0) is 12.0 Å². The number of hydrogen-bond donors (Lipinski definition) is 1. The molecule has 0 aliphatic heterocycles. The van der Waals surface area contributed by atoms with Gasteiger partial charge in [0.05, 0.1) is 10.5 Å². The number of nitro groups is 1. The summed E-state index contributed by atoms with van der Waals surface area (Å²) in [6.07, 6.45) is 0. The summed E-state index contributed by atoms with van der Waals surface area (Å²) < 4.78 is 29.6. The molecule has 2 rings (SSSR count). The zero-order valence-corrected chi connectivity index (χ0v) is 11.7. The molecule has 1 heterocycles. The Bertz CT molecular complexity index is 725. The number of nitro benzene ring substituents is 1. The number of nitrogen functional groups attached to an aromatic ring is 1. The van der Waals surface area contributed by atoms with Crippen molar-refractivity contribution in [1.82, 2.24) is 9.78 Å². The van der Waals surface area contributed by atoms with Gasteiger partial charge in [-0.3, -0.25) is 14.8 Å². The van der Waals surface area contributed by atoms with Crippen molar-refractivity contribution < 1.29 is 13.7 Å². The van der Waals surface area contributed by atoms with Gasteiger partial charge in [-0.25, -0.2) is 4.39 Å². The zero-order valence-electron chi connectivity index (χ0n) is 11.7. The quantitative estimate of drug-likeness (QED) is 0.696. The Labute approximate surface area is 119 Å². The molecule has 0 bridgehead atoms. The molecule has 0 fully saturated rings. The maximum absolute atomic E-state index is 14.3. The number of nitrogens with two attached hydrogens (primary N) is 1. The molecule has 112 valence electrons. The van der Waals surface area contributed by atoms with Crippen LogP contribution in [0.3, 0.4) is 0 Å². The standard InChI is InChI=1S/C13H14F2N4O2/c1-6(2)9-12(17-18(3)13(9)16)10-7(14)4-5-8(11(10)15)19(20)21/h4-6H,16H2,1-3H3. The Morgan fingerprint density at radius 1 is 1.38 bits per heavy atom. The molecule has 0 aliphatic rings. The number of aromatic nitrogens is 2. The Morgan fingerprint density at radius 3 is 2.52 bits per heavy atom. The van der Waals surface area contributed by atoms with Gasteiger partial charge in [-0.1, -0.05) is 13.8 Å². The van der Waals surface area contributed by atoms with Crippen molar-refractivity contribution in [2.75, 3.05) is 5.73 Å². The molecule has 0 aliphatic carbocycles. The highest BCUT2D eigenvalue weighted by Gasteiger charge is 2.28. The number of rotatable bonds is 3. The topological polar surface area (TPSA) is 87.0 Å². The molecular weight excluding hydrogens is 282 g/mol. The molecule has 2 aromatic rings. The van der Waals surface area contributed by atoms with Crippen LogP contribution < -0.4 is 5.73 Å². The second kappa shape index (κ2) is 5.12. The van der Waals surface area contributed by atoms with Crippen LogP contribution >= 0.6 is 0 Å². The van der Waals surface area contributed by atoms with E-state index in [4.69, 9.17) is 5.73 Å². The monoisotopic (exact) mass is 296 g/mol. The van der Waals surface area contributed by atoms with Crippen molar-refractivity contribution in [1.29, 1.82) is 0 Å². The first-order valence-electron chi connectivity index (χ1n) is 6.20. The molecule has 0 unspecified atom stereocenters. The van der Waals surface area contributed by atoms with Crippen molar-refractivity contribution in [2.45, 2.75) is 19.8 Å². The van der Waals surface area contributed by atoms with E-state index >= 15 is 0 Å². The third kappa shape index (κ3) is 2.32. The highest BCUT2D eigenvalue weighted by atomic mass is 19.1. The molecule has 1 aromatic carbocycles. The van der Waals surface area contributed by atoms with E-state index in [2.05, 4.69) is 5.10 Å². The summed E-state index contributed by atoms with van der Waals surface area (Å²) in [6.45, 7) is 3.59. The Kier molecular flexibility index (Phi) is 3.63. The van der Waals surface area contributed by atoms with Gasteiger partial charge in [-0.2, -0.15) is 9.49 Å². The van der Waals surface area contributed by atoms with E-state index < -0.39 is 27.8 Å². The number of anilines is 1. The largest absolute Gasteiger partial charge is 0.384 e. The van der Waals surface area contributed by atoms with Gasteiger partial charge in [0, 0.05) is 18.7 Å². The fourth-order valence-electron chi connectivity index (χ4n) is 2.21. The summed E-state index contributed by atoms with van der Waals surface area (Å²) >= 11 is 0. The Hall–Kier alpha value is -2.51. The predicted octanol–water partition coefficient (Wildman–Crippen LogP) is 2.98. The summed E-state index contributed by atoms with van der Waals surface area (Å²) in [5.74, 6) is -2.05. The lowest BCUT2D eigenvalue weighted by Gasteiger charge is -2.09. The summed E-state index contributed by atoms with van der Waals surface area (Å²) in [4.78, 5) is 9.90. The van der Waals surface area contributed by atoms with E-state index in [9.17, 15) is 18.9 Å². The van der Waals surface area contributed by atoms with Crippen LogP contribution in [0, 0.1) is 21.7 Å². The highest BCUT2D eigenvalue weighted by molar-refractivity contribution is 5.72. The molecule has 2 N–H and O–H groups in total. The number of halogens is 2. The number of nitrogens with zero attached hydrogens (tertiary/aromatic N) is 3. The van der Waals surface area contributed by atoms with E-state index in [0.29, 0.717) is 5.56 Å². The minimum atomic E-state index is -1.25. The predicted molar refractivity (Wildman–Crippen MR) is 73.7 cm³/mol.